The van der Waals surface area contributed by atoms with Crippen LogP contribution in [0.5, 0.6) is 0 Å². The fourth-order valence-corrected chi connectivity index (χ4v) is 8.55. The molecule has 0 atom stereocenters. The third-order valence-corrected chi connectivity index (χ3v) is 11.6. The minimum atomic E-state index is 0.621. The molecule has 0 bridgehead atoms. The van der Waals surface area contributed by atoms with Gasteiger partial charge in [-0.25, -0.2) is 15.0 Å². The predicted molar refractivity (Wildman–Crippen MR) is 247 cm³/mol. The Morgan fingerprint density at radius 3 is 1.75 bits per heavy atom. The summed E-state index contributed by atoms with van der Waals surface area (Å²) in [4.78, 5) is 15.2. The van der Waals surface area contributed by atoms with Crippen LogP contribution in [-0.2, 0) is 6.42 Å². The summed E-state index contributed by atoms with van der Waals surface area (Å²) in [5, 5.41) is 4.69. The Labute approximate surface area is 348 Å². The molecule has 0 radical (unpaired) electrons. The van der Waals surface area contributed by atoms with E-state index in [-0.39, 0.29) is 0 Å². The predicted octanol–water partition coefficient (Wildman–Crippen LogP) is 14.5. The van der Waals surface area contributed by atoms with Crippen molar-refractivity contribution < 1.29 is 4.42 Å². The number of hydrogen-bond acceptors (Lipinski definition) is 4. The van der Waals surface area contributed by atoms with Crippen LogP contribution in [0.25, 0.3) is 106 Å². The molecule has 0 aliphatic heterocycles. The number of fused-ring (bicyclic) bond motifs is 6. The van der Waals surface area contributed by atoms with Crippen molar-refractivity contribution in [2.24, 2.45) is 0 Å². The van der Waals surface area contributed by atoms with E-state index in [1.165, 1.54) is 34.7 Å². The van der Waals surface area contributed by atoms with Crippen LogP contribution in [0.15, 0.2) is 192 Å². The van der Waals surface area contributed by atoms with Gasteiger partial charge in [0.05, 0.1) is 11.0 Å². The van der Waals surface area contributed by atoms with Crippen LogP contribution in [0.1, 0.15) is 25.3 Å². The molecule has 0 N–H and O–H groups in total. The fraction of sp³-hybridized carbons (Fsp3) is 0.0727. The lowest BCUT2D eigenvalue weighted by Gasteiger charge is -2.12. The van der Waals surface area contributed by atoms with E-state index in [0.717, 1.165) is 78.5 Å². The van der Waals surface area contributed by atoms with Gasteiger partial charge in [0.15, 0.2) is 17.5 Å². The highest BCUT2D eigenvalue weighted by Crippen LogP contribution is 2.38. The van der Waals surface area contributed by atoms with Gasteiger partial charge in [-0.05, 0) is 89.2 Å². The number of nitrogens with zero attached hydrogens (tertiary/aromatic N) is 4. The third-order valence-electron chi connectivity index (χ3n) is 11.6. The van der Waals surface area contributed by atoms with Gasteiger partial charge in [-0.15, -0.1) is 0 Å². The number of furan rings is 1. The van der Waals surface area contributed by atoms with E-state index in [9.17, 15) is 0 Å². The molecule has 0 aliphatic carbocycles. The van der Waals surface area contributed by atoms with Crippen molar-refractivity contribution in [3.63, 3.8) is 0 Å². The highest BCUT2D eigenvalue weighted by Gasteiger charge is 2.17. The van der Waals surface area contributed by atoms with Crippen LogP contribution in [-0.4, -0.2) is 19.5 Å². The van der Waals surface area contributed by atoms with Gasteiger partial charge in [0.2, 0.25) is 0 Å². The molecule has 8 aromatic carbocycles. The Bertz CT molecular complexity index is 3350. The van der Waals surface area contributed by atoms with Crippen LogP contribution in [0.4, 0.5) is 0 Å². The first-order valence-electron chi connectivity index (χ1n) is 20.7. The first-order chi connectivity index (χ1) is 29.7. The second kappa shape index (κ2) is 14.9. The Kier molecular flexibility index (Phi) is 8.85. The highest BCUT2D eigenvalue weighted by atomic mass is 16.3. The minimum absolute atomic E-state index is 0.621. The van der Waals surface area contributed by atoms with Crippen LogP contribution < -0.4 is 0 Å². The van der Waals surface area contributed by atoms with E-state index in [2.05, 4.69) is 163 Å². The molecule has 0 saturated carbocycles. The number of rotatable bonds is 9. The van der Waals surface area contributed by atoms with E-state index in [4.69, 9.17) is 19.4 Å². The summed E-state index contributed by atoms with van der Waals surface area (Å²) in [6, 6.07) is 66.3. The molecule has 0 spiro atoms. The van der Waals surface area contributed by atoms with E-state index >= 15 is 0 Å². The van der Waals surface area contributed by atoms with Crippen molar-refractivity contribution in [1.82, 2.24) is 19.5 Å². The molecular weight excluding hydrogens is 733 g/mol. The molecule has 5 nitrogen and oxygen atoms in total. The van der Waals surface area contributed by atoms with Crippen LogP contribution in [0.3, 0.4) is 0 Å². The second-order valence-electron chi connectivity index (χ2n) is 15.5. The average Bonchev–Trinajstić information content (AvgIpc) is 3.86. The van der Waals surface area contributed by atoms with Gasteiger partial charge in [0, 0.05) is 43.9 Å². The molecule has 0 aliphatic rings. The van der Waals surface area contributed by atoms with Crippen molar-refractivity contribution in [2.45, 2.75) is 26.2 Å². The maximum absolute atomic E-state index is 6.35. The number of unbranched alkanes of at least 4 members (excludes halogenated alkanes) is 1. The summed E-state index contributed by atoms with van der Waals surface area (Å²) < 4.78 is 8.70. The van der Waals surface area contributed by atoms with Crippen LogP contribution in [0, 0.1) is 0 Å². The lowest BCUT2D eigenvalue weighted by atomic mass is 10.00. The molecule has 11 rings (SSSR count). The standard InChI is InChI=1S/C55H40N4O/c1-2-3-13-36-22-29-46-48-35-42(28-31-51(48)60-52(46)32-36)41-27-30-50-47(34-41)45-20-10-11-21-49(45)59(50)44-19-12-18-43(33-44)55-57-53(39-16-8-5-9-17-39)56-54(58-55)40-25-23-38(24-26-40)37-14-6-4-7-15-37/h4-12,14-35H,2-3,13H2,1H3. The summed E-state index contributed by atoms with van der Waals surface area (Å²) >= 11 is 0. The maximum atomic E-state index is 6.35. The normalized spacial score (nSPS) is 11.6. The highest BCUT2D eigenvalue weighted by molar-refractivity contribution is 6.11. The van der Waals surface area contributed by atoms with Crippen molar-refractivity contribution in [2.75, 3.05) is 0 Å². The van der Waals surface area contributed by atoms with Crippen molar-refractivity contribution in [3.8, 4) is 62.1 Å². The van der Waals surface area contributed by atoms with E-state index in [1.54, 1.807) is 0 Å². The smallest absolute Gasteiger partial charge is 0.164 e. The monoisotopic (exact) mass is 772 g/mol. The number of hydrogen-bond donors (Lipinski definition) is 0. The van der Waals surface area contributed by atoms with Gasteiger partial charge in [0.1, 0.15) is 11.2 Å². The zero-order chi connectivity index (χ0) is 40.0. The molecule has 0 unspecified atom stereocenters. The molecule has 5 heteroatoms. The van der Waals surface area contributed by atoms with Gasteiger partial charge in [-0.1, -0.05) is 153 Å². The summed E-state index contributed by atoms with van der Waals surface area (Å²) in [7, 11) is 0. The molecule has 3 heterocycles. The molecular formula is C55H40N4O. The number of benzene rings is 8. The van der Waals surface area contributed by atoms with Gasteiger partial charge in [-0.2, -0.15) is 0 Å². The van der Waals surface area contributed by atoms with Crippen molar-refractivity contribution in [1.29, 1.82) is 0 Å². The third kappa shape index (κ3) is 6.41. The van der Waals surface area contributed by atoms with E-state index in [0.29, 0.717) is 17.5 Å². The first-order valence-corrected chi connectivity index (χ1v) is 20.7. The molecule has 3 aromatic heterocycles. The van der Waals surface area contributed by atoms with Gasteiger partial charge in [0.25, 0.3) is 0 Å². The topological polar surface area (TPSA) is 56.7 Å². The quantitative estimate of drug-likeness (QED) is 0.147. The minimum Gasteiger partial charge on any atom is -0.456 e. The zero-order valence-corrected chi connectivity index (χ0v) is 33.2. The largest absolute Gasteiger partial charge is 0.456 e. The number of aryl methyl sites for hydroxylation is 1. The molecule has 0 saturated heterocycles. The average molecular weight is 773 g/mol. The SMILES string of the molecule is CCCCc1ccc2c(c1)oc1ccc(-c3ccc4c(c3)c3ccccc3n4-c3cccc(-c4nc(-c5ccccc5)nc(-c5ccc(-c6ccccc6)cc5)n4)c3)cc12. The van der Waals surface area contributed by atoms with Crippen molar-refractivity contribution >= 4 is 43.7 Å². The Balaban J connectivity index is 0.996. The lowest BCUT2D eigenvalue weighted by molar-refractivity contribution is 0.667. The van der Waals surface area contributed by atoms with Gasteiger partial charge >= 0.3 is 0 Å². The Morgan fingerprint density at radius 1 is 0.400 bits per heavy atom. The fourth-order valence-electron chi connectivity index (χ4n) is 8.55. The second-order valence-corrected chi connectivity index (χ2v) is 15.5. The van der Waals surface area contributed by atoms with Gasteiger partial charge < -0.3 is 8.98 Å². The van der Waals surface area contributed by atoms with Crippen LogP contribution in [0.2, 0.25) is 0 Å². The molecule has 286 valence electrons. The summed E-state index contributed by atoms with van der Waals surface area (Å²) in [5.41, 5.74) is 13.9. The number of aromatic nitrogens is 4. The Hall–Kier alpha value is -7.63. The van der Waals surface area contributed by atoms with Gasteiger partial charge in [-0.3, -0.25) is 0 Å². The van der Waals surface area contributed by atoms with E-state index < -0.39 is 0 Å². The van der Waals surface area contributed by atoms with Crippen LogP contribution >= 0.6 is 0 Å². The molecule has 0 amide bonds. The zero-order valence-electron chi connectivity index (χ0n) is 33.2. The summed E-state index contributed by atoms with van der Waals surface area (Å²) in [6.07, 6.45) is 3.44. The maximum Gasteiger partial charge on any atom is 0.164 e. The molecule has 60 heavy (non-hydrogen) atoms. The Morgan fingerprint density at radius 2 is 0.983 bits per heavy atom. The summed E-state index contributed by atoms with van der Waals surface area (Å²) in [5.74, 6) is 1.89. The lowest BCUT2D eigenvalue weighted by Crippen LogP contribution is -2.01. The van der Waals surface area contributed by atoms with E-state index in [1.807, 2.05) is 36.4 Å². The van der Waals surface area contributed by atoms with Crippen molar-refractivity contribution in [3.05, 3.63) is 194 Å². The summed E-state index contributed by atoms with van der Waals surface area (Å²) in [6.45, 7) is 2.23. The molecule has 11 aromatic rings. The number of para-hydroxylation sites is 1. The first kappa shape index (κ1) is 35.5. The molecule has 0 fully saturated rings.